The smallest absolute Gasteiger partial charge is 0.339 e. The highest BCUT2D eigenvalue weighted by Crippen LogP contribution is 2.37. The molecular formula is C16H12O3. The number of carbonyl (C=O) groups excluding carboxylic acids is 1. The summed E-state index contributed by atoms with van der Waals surface area (Å²) in [5.74, 6) is 0.312. The van der Waals surface area contributed by atoms with E-state index in [4.69, 9.17) is 9.15 Å². The molecule has 0 unspecified atom stereocenters. The zero-order valence-corrected chi connectivity index (χ0v) is 10.4. The van der Waals surface area contributed by atoms with E-state index >= 15 is 0 Å². The van der Waals surface area contributed by atoms with Crippen LogP contribution in [0.1, 0.15) is 10.4 Å². The van der Waals surface area contributed by atoms with E-state index in [2.05, 4.69) is 0 Å². The quantitative estimate of drug-likeness (QED) is 0.650. The van der Waals surface area contributed by atoms with E-state index in [1.165, 1.54) is 7.11 Å². The molecule has 0 N–H and O–H groups in total. The van der Waals surface area contributed by atoms with Crippen molar-refractivity contribution in [2.45, 2.75) is 0 Å². The lowest BCUT2D eigenvalue weighted by Gasteiger charge is -2.02. The molecule has 0 spiro atoms. The van der Waals surface area contributed by atoms with Crippen LogP contribution in [0.2, 0.25) is 0 Å². The first-order valence-electron chi connectivity index (χ1n) is 5.95. The Labute approximate surface area is 110 Å². The second kappa shape index (κ2) is 4.61. The van der Waals surface area contributed by atoms with Gasteiger partial charge >= 0.3 is 5.97 Å². The van der Waals surface area contributed by atoms with Gasteiger partial charge in [-0.2, -0.15) is 0 Å². The summed E-state index contributed by atoms with van der Waals surface area (Å²) in [6.07, 6.45) is 1.59. The second-order valence-corrected chi connectivity index (χ2v) is 4.18. The number of hydrogen-bond donors (Lipinski definition) is 0. The molecule has 0 bridgehead atoms. The molecule has 3 nitrogen and oxygen atoms in total. The lowest BCUT2D eigenvalue weighted by molar-refractivity contribution is 0.0602. The summed E-state index contributed by atoms with van der Waals surface area (Å²) in [5, 5.41) is 0. The molecule has 1 aromatic rings. The molecule has 0 fully saturated rings. The van der Waals surface area contributed by atoms with Crippen LogP contribution in [0.4, 0.5) is 0 Å². The number of furan rings is 1. The monoisotopic (exact) mass is 252 g/mol. The number of carbonyl (C=O) groups is 1. The molecule has 0 radical (unpaired) electrons. The molecule has 0 atom stereocenters. The van der Waals surface area contributed by atoms with Gasteiger partial charge in [0.05, 0.1) is 18.9 Å². The maximum Gasteiger partial charge on any atom is 0.339 e. The summed E-state index contributed by atoms with van der Waals surface area (Å²) in [6, 6.07) is 15.2. The van der Waals surface area contributed by atoms with Gasteiger partial charge in [-0.15, -0.1) is 0 Å². The van der Waals surface area contributed by atoms with Gasteiger partial charge in [0.1, 0.15) is 5.76 Å². The molecule has 0 amide bonds. The highest BCUT2D eigenvalue weighted by atomic mass is 16.5. The van der Waals surface area contributed by atoms with Gasteiger partial charge in [0, 0.05) is 5.56 Å². The van der Waals surface area contributed by atoms with Crippen molar-refractivity contribution in [3.8, 4) is 22.5 Å². The fourth-order valence-corrected chi connectivity index (χ4v) is 2.24. The Kier molecular flexibility index (Phi) is 2.80. The zero-order valence-electron chi connectivity index (χ0n) is 10.4. The predicted molar refractivity (Wildman–Crippen MR) is 72.1 cm³/mol. The van der Waals surface area contributed by atoms with Crippen LogP contribution in [0.15, 0.2) is 59.2 Å². The Morgan fingerprint density at radius 2 is 1.89 bits per heavy atom. The average molecular weight is 252 g/mol. The second-order valence-electron chi connectivity index (χ2n) is 4.18. The van der Waals surface area contributed by atoms with Crippen molar-refractivity contribution in [1.82, 2.24) is 0 Å². The third-order valence-corrected chi connectivity index (χ3v) is 3.09. The van der Waals surface area contributed by atoms with Crippen molar-refractivity contribution in [3.63, 3.8) is 0 Å². The molecule has 94 valence electrons. The summed E-state index contributed by atoms with van der Waals surface area (Å²) in [6.45, 7) is 0. The van der Waals surface area contributed by atoms with Crippen molar-refractivity contribution >= 4 is 5.97 Å². The molecule has 0 aromatic carbocycles. The molecule has 1 aromatic heterocycles. The molecule has 2 aliphatic carbocycles. The minimum Gasteiger partial charge on any atom is -0.465 e. The van der Waals surface area contributed by atoms with Crippen molar-refractivity contribution < 1.29 is 13.9 Å². The predicted octanol–water partition coefficient (Wildman–Crippen LogP) is 3.84. The molecular weight excluding hydrogens is 240 g/mol. The summed E-state index contributed by atoms with van der Waals surface area (Å²) < 4.78 is 10.3. The Hall–Kier alpha value is -2.55. The van der Waals surface area contributed by atoms with Crippen LogP contribution < -0.4 is 0 Å². The first kappa shape index (κ1) is 11.5. The van der Waals surface area contributed by atoms with Gasteiger partial charge in [0.2, 0.25) is 0 Å². The van der Waals surface area contributed by atoms with Crippen LogP contribution in [0.3, 0.4) is 0 Å². The van der Waals surface area contributed by atoms with E-state index in [1.807, 2.05) is 42.5 Å². The standard InChI is InChI=1S/C16H12O3/c1-18-16(17)15-12-7-4-2-3-6-11(12)10-13(15)14-8-5-9-19-14/h2-10H,1H3. The van der Waals surface area contributed by atoms with Gasteiger partial charge in [0.25, 0.3) is 0 Å². The lowest BCUT2D eigenvalue weighted by atomic mass is 10.1. The Bertz CT molecular complexity index is 683. The molecule has 0 saturated heterocycles. The van der Waals surface area contributed by atoms with E-state index in [9.17, 15) is 4.79 Å². The zero-order chi connectivity index (χ0) is 13.2. The fraction of sp³-hybridized carbons (Fsp3) is 0.0625. The minimum absolute atomic E-state index is 0.354. The molecule has 1 heterocycles. The van der Waals surface area contributed by atoms with Crippen LogP contribution in [0, 0.1) is 0 Å². The fourth-order valence-electron chi connectivity index (χ4n) is 2.24. The highest BCUT2D eigenvalue weighted by Gasteiger charge is 2.23. The Morgan fingerprint density at radius 1 is 1.05 bits per heavy atom. The van der Waals surface area contributed by atoms with E-state index in [0.29, 0.717) is 11.3 Å². The summed E-state index contributed by atoms with van der Waals surface area (Å²) in [4.78, 5) is 12.0. The lowest BCUT2D eigenvalue weighted by Crippen LogP contribution is -2.02. The first-order chi connectivity index (χ1) is 9.31. The van der Waals surface area contributed by atoms with Crippen molar-refractivity contribution in [3.05, 3.63) is 60.4 Å². The number of rotatable bonds is 2. The van der Waals surface area contributed by atoms with E-state index in [1.54, 1.807) is 12.3 Å². The van der Waals surface area contributed by atoms with Gasteiger partial charge in [0.15, 0.2) is 0 Å². The van der Waals surface area contributed by atoms with Crippen molar-refractivity contribution in [2.24, 2.45) is 0 Å². The molecule has 0 aliphatic heterocycles. The van der Waals surface area contributed by atoms with E-state index in [-0.39, 0.29) is 5.97 Å². The largest absolute Gasteiger partial charge is 0.465 e. The summed E-state index contributed by atoms with van der Waals surface area (Å²) in [5.41, 5.74) is 3.15. The number of fused-ring (bicyclic) bond motifs is 1. The number of ether oxygens (including phenoxy) is 1. The number of methoxy groups -OCH3 is 1. The Balaban J connectivity index is 2.32. The number of hydrogen-bond acceptors (Lipinski definition) is 3. The highest BCUT2D eigenvalue weighted by molar-refractivity contribution is 6.06. The maximum atomic E-state index is 12.0. The van der Waals surface area contributed by atoms with Gasteiger partial charge < -0.3 is 9.15 Å². The van der Waals surface area contributed by atoms with Crippen molar-refractivity contribution in [1.29, 1.82) is 0 Å². The summed E-state index contributed by atoms with van der Waals surface area (Å²) >= 11 is 0. The first-order valence-corrected chi connectivity index (χ1v) is 5.95. The molecule has 3 heteroatoms. The van der Waals surface area contributed by atoms with Gasteiger partial charge in [-0.1, -0.05) is 30.3 Å². The molecule has 2 aliphatic rings. The van der Waals surface area contributed by atoms with Crippen LogP contribution in [-0.2, 0) is 4.74 Å². The topological polar surface area (TPSA) is 39.4 Å². The van der Waals surface area contributed by atoms with Crippen LogP contribution in [0.25, 0.3) is 22.5 Å². The molecule has 0 saturated carbocycles. The SMILES string of the molecule is COC(=O)c1c2cccccc-2cc1-c1ccco1. The third kappa shape index (κ3) is 1.89. The number of esters is 1. The van der Waals surface area contributed by atoms with Crippen LogP contribution in [0.5, 0.6) is 0 Å². The molecule has 19 heavy (non-hydrogen) atoms. The normalized spacial score (nSPS) is 10.6. The summed E-state index contributed by atoms with van der Waals surface area (Å²) in [7, 11) is 1.38. The van der Waals surface area contributed by atoms with Crippen LogP contribution in [-0.4, -0.2) is 13.1 Å². The minimum atomic E-state index is -0.354. The van der Waals surface area contributed by atoms with Gasteiger partial charge in [-0.3, -0.25) is 0 Å². The Morgan fingerprint density at radius 3 is 2.63 bits per heavy atom. The van der Waals surface area contributed by atoms with E-state index < -0.39 is 0 Å². The van der Waals surface area contributed by atoms with Crippen molar-refractivity contribution in [2.75, 3.05) is 7.11 Å². The molecule has 3 rings (SSSR count). The van der Waals surface area contributed by atoms with Gasteiger partial charge in [-0.25, -0.2) is 4.79 Å². The average Bonchev–Trinajstić information content (AvgIpc) is 3.01. The third-order valence-electron chi connectivity index (χ3n) is 3.09. The maximum absolute atomic E-state index is 12.0. The van der Waals surface area contributed by atoms with Gasteiger partial charge in [-0.05, 0) is 29.3 Å². The van der Waals surface area contributed by atoms with E-state index in [0.717, 1.165) is 16.7 Å². The van der Waals surface area contributed by atoms with Crippen LogP contribution >= 0.6 is 0 Å².